The van der Waals surface area contributed by atoms with Crippen LogP contribution in [0.25, 0.3) is 0 Å². The topological polar surface area (TPSA) is 29.3 Å². The van der Waals surface area contributed by atoms with Gasteiger partial charge in [-0.25, -0.2) is 0 Å². The summed E-state index contributed by atoms with van der Waals surface area (Å²) in [5.41, 5.74) is 7.55. The molecule has 1 aliphatic heterocycles. The number of likely N-dealkylation sites (tertiary alicyclic amines) is 1. The highest BCUT2D eigenvalue weighted by Gasteiger charge is 2.45. The molecule has 0 aromatic heterocycles. The predicted molar refractivity (Wildman–Crippen MR) is 69.3 cm³/mol. The number of nitrogens with two attached hydrogens (primary N) is 1. The summed E-state index contributed by atoms with van der Waals surface area (Å²) < 4.78 is 0. The Bertz CT molecular complexity index is 306. The molecule has 16 heavy (non-hydrogen) atoms. The van der Waals surface area contributed by atoms with Gasteiger partial charge >= 0.3 is 0 Å². The molecule has 2 N–H and O–H groups in total. The molecule has 2 aliphatic rings. The van der Waals surface area contributed by atoms with Gasteiger partial charge < -0.3 is 5.73 Å². The van der Waals surface area contributed by atoms with Crippen molar-refractivity contribution in [2.45, 2.75) is 38.6 Å². The second-order valence-electron chi connectivity index (χ2n) is 5.44. The third-order valence-corrected chi connectivity index (χ3v) is 4.37. The second-order valence-corrected chi connectivity index (χ2v) is 5.44. The van der Waals surface area contributed by atoms with E-state index >= 15 is 0 Å². The molecule has 1 fully saturated rings. The highest BCUT2D eigenvalue weighted by Crippen LogP contribution is 2.39. The number of rotatable bonds is 4. The van der Waals surface area contributed by atoms with E-state index in [1.165, 1.54) is 25.0 Å². The molecule has 0 radical (unpaired) electrons. The zero-order valence-electron chi connectivity index (χ0n) is 10.6. The molecule has 0 aromatic rings. The van der Waals surface area contributed by atoms with E-state index in [9.17, 15) is 0 Å². The minimum absolute atomic E-state index is 0.334. The van der Waals surface area contributed by atoms with E-state index in [2.05, 4.69) is 37.0 Å². The molecule has 2 rings (SSSR count). The Morgan fingerprint density at radius 3 is 2.88 bits per heavy atom. The quantitative estimate of drug-likeness (QED) is 0.788. The van der Waals surface area contributed by atoms with Crippen molar-refractivity contribution in [2.24, 2.45) is 11.7 Å². The van der Waals surface area contributed by atoms with E-state index in [4.69, 9.17) is 5.73 Å². The number of nitrogens with zero attached hydrogens (tertiary/aromatic N) is 1. The van der Waals surface area contributed by atoms with Crippen LogP contribution in [0.1, 0.15) is 33.1 Å². The zero-order valence-corrected chi connectivity index (χ0v) is 10.6. The Kier molecular flexibility index (Phi) is 3.50. The van der Waals surface area contributed by atoms with Crippen LogP contribution in [-0.2, 0) is 0 Å². The summed E-state index contributed by atoms with van der Waals surface area (Å²) >= 11 is 0. The maximum absolute atomic E-state index is 5.73. The highest BCUT2D eigenvalue weighted by atomic mass is 15.3. The predicted octanol–water partition coefficient (Wildman–Crippen LogP) is 2.32. The van der Waals surface area contributed by atoms with Crippen molar-refractivity contribution in [3.8, 4) is 0 Å². The molecule has 0 amide bonds. The SMILES string of the molecule is C[C@H]1CN(CC2=CCCC=C2)[C@]1(C)CCN. The number of hydrogen-bond acceptors (Lipinski definition) is 2. The van der Waals surface area contributed by atoms with E-state index in [1.807, 2.05) is 0 Å². The molecular weight excluding hydrogens is 196 g/mol. The van der Waals surface area contributed by atoms with Gasteiger partial charge in [-0.3, -0.25) is 4.90 Å². The molecule has 2 nitrogen and oxygen atoms in total. The van der Waals surface area contributed by atoms with Gasteiger partial charge in [0.2, 0.25) is 0 Å². The van der Waals surface area contributed by atoms with Gasteiger partial charge in [-0.05, 0) is 44.2 Å². The third kappa shape index (κ3) is 2.09. The van der Waals surface area contributed by atoms with Crippen molar-refractivity contribution < 1.29 is 0 Å². The summed E-state index contributed by atoms with van der Waals surface area (Å²) in [5, 5.41) is 0. The molecule has 2 atom stereocenters. The average Bonchev–Trinajstić information content (AvgIpc) is 2.30. The first-order valence-corrected chi connectivity index (χ1v) is 6.47. The Hall–Kier alpha value is -0.600. The standard InChI is InChI=1S/C14H24N2/c1-12-10-16(14(12,2)8-9-15)11-13-6-4-3-5-7-13/h4,6-7,12H,3,5,8-11,15H2,1-2H3/t12-,14+/m0/s1. The van der Waals surface area contributed by atoms with Gasteiger partial charge in [-0.1, -0.05) is 25.2 Å². The molecule has 0 spiro atoms. The maximum atomic E-state index is 5.73. The normalized spacial score (nSPS) is 34.7. The minimum atomic E-state index is 0.334. The van der Waals surface area contributed by atoms with Crippen LogP contribution in [0.15, 0.2) is 23.8 Å². The largest absolute Gasteiger partial charge is 0.330 e. The second kappa shape index (κ2) is 4.72. The molecule has 1 heterocycles. The van der Waals surface area contributed by atoms with Gasteiger partial charge in [-0.2, -0.15) is 0 Å². The lowest BCUT2D eigenvalue weighted by molar-refractivity contribution is -0.0565. The van der Waals surface area contributed by atoms with Crippen molar-refractivity contribution >= 4 is 0 Å². The number of allylic oxidation sites excluding steroid dienone is 2. The fraction of sp³-hybridized carbons (Fsp3) is 0.714. The van der Waals surface area contributed by atoms with Crippen molar-refractivity contribution in [2.75, 3.05) is 19.6 Å². The van der Waals surface area contributed by atoms with Gasteiger partial charge in [0, 0.05) is 18.6 Å². The third-order valence-electron chi connectivity index (χ3n) is 4.37. The van der Waals surface area contributed by atoms with Crippen LogP contribution < -0.4 is 5.73 Å². The molecule has 0 saturated carbocycles. The molecule has 1 saturated heterocycles. The molecule has 2 heteroatoms. The van der Waals surface area contributed by atoms with Crippen LogP contribution in [-0.4, -0.2) is 30.1 Å². The van der Waals surface area contributed by atoms with Crippen molar-refractivity contribution in [1.82, 2.24) is 4.90 Å². The van der Waals surface area contributed by atoms with Gasteiger partial charge in [-0.15, -0.1) is 0 Å². The lowest BCUT2D eigenvalue weighted by Gasteiger charge is -2.56. The summed E-state index contributed by atoms with van der Waals surface area (Å²) in [7, 11) is 0. The van der Waals surface area contributed by atoms with Crippen LogP contribution in [0.3, 0.4) is 0 Å². The van der Waals surface area contributed by atoms with Gasteiger partial charge in [0.1, 0.15) is 0 Å². The first kappa shape index (κ1) is 11.9. The first-order valence-electron chi connectivity index (χ1n) is 6.47. The van der Waals surface area contributed by atoms with Gasteiger partial charge in [0.15, 0.2) is 0 Å². The zero-order chi connectivity index (χ0) is 11.6. The lowest BCUT2D eigenvalue weighted by atomic mass is 9.74. The number of hydrogen-bond donors (Lipinski definition) is 1. The summed E-state index contributed by atoms with van der Waals surface area (Å²) in [5.74, 6) is 0.782. The highest BCUT2D eigenvalue weighted by molar-refractivity contribution is 5.25. The molecule has 0 bridgehead atoms. The first-order chi connectivity index (χ1) is 7.66. The van der Waals surface area contributed by atoms with Crippen molar-refractivity contribution in [3.05, 3.63) is 23.8 Å². The average molecular weight is 220 g/mol. The van der Waals surface area contributed by atoms with E-state index in [-0.39, 0.29) is 0 Å². The Morgan fingerprint density at radius 2 is 2.31 bits per heavy atom. The summed E-state index contributed by atoms with van der Waals surface area (Å²) in [6.45, 7) is 7.84. The van der Waals surface area contributed by atoms with Crippen LogP contribution in [0, 0.1) is 5.92 Å². The molecule has 0 aromatic carbocycles. The summed E-state index contributed by atoms with van der Waals surface area (Å²) in [6.07, 6.45) is 10.5. The smallest absolute Gasteiger partial charge is 0.0236 e. The molecule has 90 valence electrons. The van der Waals surface area contributed by atoms with Crippen molar-refractivity contribution in [1.29, 1.82) is 0 Å². The van der Waals surface area contributed by atoms with Crippen LogP contribution in [0.4, 0.5) is 0 Å². The fourth-order valence-corrected chi connectivity index (χ4v) is 2.88. The van der Waals surface area contributed by atoms with Gasteiger partial charge in [0.25, 0.3) is 0 Å². The van der Waals surface area contributed by atoms with Gasteiger partial charge in [0.05, 0.1) is 0 Å². The van der Waals surface area contributed by atoms with E-state index in [0.29, 0.717) is 5.54 Å². The molecule has 1 aliphatic carbocycles. The molecular formula is C14H24N2. The van der Waals surface area contributed by atoms with Crippen LogP contribution >= 0.6 is 0 Å². The van der Waals surface area contributed by atoms with E-state index in [1.54, 1.807) is 0 Å². The Labute approximate surface area is 99.2 Å². The summed E-state index contributed by atoms with van der Waals surface area (Å²) in [4.78, 5) is 2.59. The van der Waals surface area contributed by atoms with Crippen LogP contribution in [0.5, 0.6) is 0 Å². The summed E-state index contributed by atoms with van der Waals surface area (Å²) in [6, 6.07) is 0. The monoisotopic (exact) mass is 220 g/mol. The lowest BCUT2D eigenvalue weighted by Crippen LogP contribution is -2.65. The minimum Gasteiger partial charge on any atom is -0.330 e. The van der Waals surface area contributed by atoms with Crippen molar-refractivity contribution in [3.63, 3.8) is 0 Å². The maximum Gasteiger partial charge on any atom is 0.0236 e. The Morgan fingerprint density at radius 1 is 1.50 bits per heavy atom. The fourth-order valence-electron chi connectivity index (χ4n) is 2.88. The van der Waals surface area contributed by atoms with E-state index in [0.717, 1.165) is 25.4 Å². The van der Waals surface area contributed by atoms with E-state index < -0.39 is 0 Å². The Balaban J connectivity index is 1.95. The van der Waals surface area contributed by atoms with Crippen LogP contribution in [0.2, 0.25) is 0 Å². The molecule has 0 unspecified atom stereocenters.